The van der Waals surface area contributed by atoms with Crippen LogP contribution in [0, 0.1) is 11.3 Å². The van der Waals surface area contributed by atoms with Gasteiger partial charge in [0.25, 0.3) is 0 Å². The minimum atomic E-state index is -1.14. The molecule has 0 saturated heterocycles. The van der Waals surface area contributed by atoms with Gasteiger partial charge >= 0.3 is 5.97 Å². The Bertz CT molecular complexity index is 859. The summed E-state index contributed by atoms with van der Waals surface area (Å²) >= 11 is 9.64. The molecule has 0 saturated carbocycles. The Labute approximate surface area is 150 Å². The van der Waals surface area contributed by atoms with Crippen LogP contribution in [0.3, 0.4) is 0 Å². The SMILES string of the molecule is N#CCCn1nc(C(=O)O)c(Cc2cc3c(cc2Cl)OCO3)c1Br. The maximum atomic E-state index is 11.5. The molecular formula is C15H11BrClN3O4. The molecule has 1 aromatic carbocycles. The van der Waals surface area contributed by atoms with Crippen molar-refractivity contribution >= 4 is 33.5 Å². The van der Waals surface area contributed by atoms with Crippen molar-refractivity contribution in [1.82, 2.24) is 9.78 Å². The summed E-state index contributed by atoms with van der Waals surface area (Å²) in [4.78, 5) is 11.5. The van der Waals surface area contributed by atoms with Gasteiger partial charge < -0.3 is 14.6 Å². The molecule has 2 aromatic rings. The first-order valence-corrected chi connectivity index (χ1v) is 8.11. The van der Waals surface area contributed by atoms with Crippen LogP contribution in [0.4, 0.5) is 0 Å². The number of ether oxygens (including phenoxy) is 2. The number of nitrogens with zero attached hydrogens (tertiary/aromatic N) is 3. The first-order valence-electron chi connectivity index (χ1n) is 6.94. The zero-order chi connectivity index (χ0) is 17.3. The summed E-state index contributed by atoms with van der Waals surface area (Å²) in [5.74, 6) is -0.0106. The van der Waals surface area contributed by atoms with Crippen molar-refractivity contribution < 1.29 is 19.4 Å². The molecule has 3 rings (SSSR count). The Kier molecular flexibility index (Phi) is 4.64. The second kappa shape index (κ2) is 6.71. The third-order valence-corrected chi connectivity index (χ3v) is 4.77. The molecule has 0 amide bonds. The van der Waals surface area contributed by atoms with Crippen LogP contribution >= 0.6 is 27.5 Å². The van der Waals surface area contributed by atoms with E-state index < -0.39 is 5.97 Å². The van der Waals surface area contributed by atoms with Gasteiger partial charge in [-0.15, -0.1) is 0 Å². The predicted octanol–water partition coefficient (Wildman–Crippen LogP) is 3.23. The maximum Gasteiger partial charge on any atom is 0.356 e. The number of fused-ring (bicyclic) bond motifs is 1. The summed E-state index contributed by atoms with van der Waals surface area (Å²) in [7, 11) is 0. The van der Waals surface area contributed by atoms with Gasteiger partial charge in [-0.05, 0) is 27.6 Å². The number of halogens is 2. The number of benzene rings is 1. The highest BCUT2D eigenvalue weighted by Gasteiger charge is 2.24. The highest BCUT2D eigenvalue weighted by atomic mass is 79.9. The van der Waals surface area contributed by atoms with Gasteiger partial charge in [0, 0.05) is 23.1 Å². The van der Waals surface area contributed by atoms with Crippen LogP contribution in [0.2, 0.25) is 5.02 Å². The van der Waals surface area contributed by atoms with Crippen molar-refractivity contribution in [2.75, 3.05) is 6.79 Å². The minimum Gasteiger partial charge on any atom is -0.476 e. The lowest BCUT2D eigenvalue weighted by molar-refractivity contribution is 0.0688. The third kappa shape index (κ3) is 3.05. The van der Waals surface area contributed by atoms with Crippen molar-refractivity contribution in [2.45, 2.75) is 19.4 Å². The molecule has 7 nitrogen and oxygen atoms in total. The molecule has 0 spiro atoms. The fourth-order valence-electron chi connectivity index (χ4n) is 2.40. The van der Waals surface area contributed by atoms with E-state index >= 15 is 0 Å². The van der Waals surface area contributed by atoms with E-state index in [1.54, 1.807) is 12.1 Å². The van der Waals surface area contributed by atoms with E-state index in [1.807, 2.05) is 6.07 Å². The van der Waals surface area contributed by atoms with Gasteiger partial charge in [0.05, 0.1) is 19.0 Å². The fraction of sp³-hybridized carbons (Fsp3) is 0.267. The van der Waals surface area contributed by atoms with E-state index in [1.165, 1.54) is 4.68 Å². The van der Waals surface area contributed by atoms with Crippen LogP contribution in [-0.4, -0.2) is 27.6 Å². The van der Waals surface area contributed by atoms with Gasteiger partial charge in [0.2, 0.25) is 6.79 Å². The summed E-state index contributed by atoms with van der Waals surface area (Å²) in [5.41, 5.74) is 1.11. The van der Waals surface area contributed by atoms with Crippen molar-refractivity contribution in [3.05, 3.63) is 38.6 Å². The van der Waals surface area contributed by atoms with E-state index in [2.05, 4.69) is 21.0 Å². The first kappa shape index (κ1) is 16.6. The Balaban J connectivity index is 1.99. The molecule has 1 aromatic heterocycles. The van der Waals surface area contributed by atoms with E-state index in [-0.39, 0.29) is 25.3 Å². The minimum absolute atomic E-state index is 0.0754. The average Bonchev–Trinajstić information content (AvgIpc) is 3.11. The Hall–Kier alpha value is -2.24. The van der Waals surface area contributed by atoms with Crippen LogP contribution in [0.25, 0.3) is 0 Å². The molecule has 1 aliphatic rings. The molecule has 1 aliphatic heterocycles. The first-order chi connectivity index (χ1) is 11.5. The zero-order valence-corrected chi connectivity index (χ0v) is 14.6. The quantitative estimate of drug-likeness (QED) is 0.810. The van der Waals surface area contributed by atoms with E-state index in [0.29, 0.717) is 38.8 Å². The second-order valence-electron chi connectivity index (χ2n) is 5.03. The number of rotatable bonds is 5. The number of hydrogen-bond donors (Lipinski definition) is 1. The smallest absolute Gasteiger partial charge is 0.356 e. The van der Waals surface area contributed by atoms with Crippen LogP contribution in [-0.2, 0) is 13.0 Å². The number of aromatic nitrogens is 2. The number of carbonyl (C=O) groups is 1. The number of aryl methyl sites for hydroxylation is 1. The van der Waals surface area contributed by atoms with Gasteiger partial charge in [-0.2, -0.15) is 10.4 Å². The van der Waals surface area contributed by atoms with Crippen LogP contribution in [0.1, 0.15) is 28.0 Å². The molecule has 0 bridgehead atoms. The highest BCUT2D eigenvalue weighted by Crippen LogP contribution is 2.38. The molecule has 24 heavy (non-hydrogen) atoms. The van der Waals surface area contributed by atoms with E-state index in [4.69, 9.17) is 26.3 Å². The standard InChI is InChI=1S/C15H11BrClN3O4/c16-14-9(13(15(21)22)19-20(14)3-1-2-18)4-8-5-11-12(6-10(8)17)24-7-23-11/h5-6H,1,3-4,7H2,(H,21,22). The van der Waals surface area contributed by atoms with Gasteiger partial charge in [0.15, 0.2) is 17.2 Å². The topological polar surface area (TPSA) is 97.4 Å². The van der Waals surface area contributed by atoms with Gasteiger partial charge in [-0.1, -0.05) is 11.6 Å². The molecule has 124 valence electrons. The van der Waals surface area contributed by atoms with Crippen LogP contribution < -0.4 is 9.47 Å². The zero-order valence-electron chi connectivity index (χ0n) is 12.3. The molecule has 9 heteroatoms. The lowest BCUT2D eigenvalue weighted by Gasteiger charge is -2.07. The highest BCUT2D eigenvalue weighted by molar-refractivity contribution is 9.10. The molecule has 2 heterocycles. The number of aromatic carboxylic acids is 1. The monoisotopic (exact) mass is 411 g/mol. The normalized spacial score (nSPS) is 12.2. The second-order valence-corrected chi connectivity index (χ2v) is 6.19. The van der Waals surface area contributed by atoms with Gasteiger partial charge in [-0.3, -0.25) is 4.68 Å². The van der Waals surface area contributed by atoms with Gasteiger partial charge in [0.1, 0.15) is 4.60 Å². The summed E-state index contributed by atoms with van der Waals surface area (Å²) < 4.78 is 12.6. The Morgan fingerprint density at radius 1 is 1.46 bits per heavy atom. The van der Waals surface area contributed by atoms with Crippen molar-refractivity contribution in [3.63, 3.8) is 0 Å². The summed E-state index contributed by atoms with van der Waals surface area (Å²) in [6.07, 6.45) is 0.480. The Morgan fingerprint density at radius 3 is 2.83 bits per heavy atom. The maximum absolute atomic E-state index is 11.5. The fourth-order valence-corrected chi connectivity index (χ4v) is 3.20. The average molecular weight is 413 g/mol. The lowest BCUT2D eigenvalue weighted by Crippen LogP contribution is -2.04. The summed E-state index contributed by atoms with van der Waals surface area (Å²) in [6.45, 7) is 0.428. The van der Waals surface area contributed by atoms with Crippen molar-refractivity contribution in [3.8, 4) is 17.6 Å². The number of hydrogen-bond acceptors (Lipinski definition) is 5. The molecule has 1 N–H and O–H groups in total. The molecule has 0 radical (unpaired) electrons. The van der Waals surface area contributed by atoms with Crippen molar-refractivity contribution in [2.24, 2.45) is 0 Å². The van der Waals surface area contributed by atoms with Crippen LogP contribution in [0.15, 0.2) is 16.7 Å². The van der Waals surface area contributed by atoms with Crippen molar-refractivity contribution in [1.29, 1.82) is 5.26 Å². The number of carboxylic acids is 1. The number of carboxylic acid groups (broad SMARTS) is 1. The molecule has 0 atom stereocenters. The van der Waals surface area contributed by atoms with E-state index in [9.17, 15) is 9.90 Å². The summed E-state index contributed by atoms with van der Waals surface area (Å²) in [6, 6.07) is 5.39. The third-order valence-electron chi connectivity index (χ3n) is 3.53. The largest absolute Gasteiger partial charge is 0.476 e. The van der Waals surface area contributed by atoms with Gasteiger partial charge in [-0.25, -0.2) is 4.79 Å². The van der Waals surface area contributed by atoms with E-state index in [0.717, 1.165) is 0 Å². The predicted molar refractivity (Wildman–Crippen MR) is 87.5 cm³/mol. The number of nitriles is 1. The summed E-state index contributed by atoms with van der Waals surface area (Å²) in [5, 5.41) is 22.6. The molecule has 0 aliphatic carbocycles. The Morgan fingerprint density at radius 2 is 2.17 bits per heavy atom. The molecular weight excluding hydrogens is 402 g/mol. The molecule has 0 fully saturated rings. The van der Waals surface area contributed by atoms with Crippen LogP contribution in [0.5, 0.6) is 11.5 Å². The molecule has 0 unspecified atom stereocenters. The lowest BCUT2D eigenvalue weighted by atomic mass is 10.0.